The summed E-state index contributed by atoms with van der Waals surface area (Å²) in [6, 6.07) is 7.49. The van der Waals surface area contributed by atoms with E-state index in [9.17, 15) is 4.79 Å². The molecule has 0 heterocycles. The van der Waals surface area contributed by atoms with Crippen molar-refractivity contribution in [3.05, 3.63) is 40.9 Å². The molecule has 1 unspecified atom stereocenters. The van der Waals surface area contributed by atoms with Gasteiger partial charge < -0.3 is 4.74 Å². The van der Waals surface area contributed by atoms with Gasteiger partial charge in [0, 0.05) is 5.02 Å². The molecular formula is C15H19ClO2. The third kappa shape index (κ3) is 4.53. The van der Waals surface area contributed by atoms with E-state index in [0.29, 0.717) is 11.6 Å². The molecule has 0 radical (unpaired) electrons. The van der Waals surface area contributed by atoms with E-state index in [1.807, 2.05) is 57.2 Å². The Balaban J connectivity index is 2.77. The fraction of sp³-hybridized carbons (Fsp3) is 0.400. The van der Waals surface area contributed by atoms with Crippen LogP contribution < -0.4 is 0 Å². The zero-order valence-corrected chi connectivity index (χ0v) is 11.8. The third-order valence-corrected chi connectivity index (χ3v) is 2.89. The molecule has 98 valence electrons. The predicted molar refractivity (Wildman–Crippen MR) is 75.4 cm³/mol. The van der Waals surface area contributed by atoms with Gasteiger partial charge in [-0.1, -0.05) is 49.7 Å². The highest BCUT2D eigenvalue weighted by Crippen LogP contribution is 2.17. The van der Waals surface area contributed by atoms with Crippen molar-refractivity contribution in [1.29, 1.82) is 0 Å². The highest BCUT2D eigenvalue weighted by Gasteiger charge is 2.20. The number of hydrogen-bond acceptors (Lipinski definition) is 2. The first-order valence-corrected chi connectivity index (χ1v) is 6.52. The lowest BCUT2D eigenvalue weighted by Crippen LogP contribution is -2.20. The lowest BCUT2D eigenvalue weighted by atomic mass is 9.95. The van der Waals surface area contributed by atoms with Crippen LogP contribution in [0.4, 0.5) is 0 Å². The Bertz CT molecular complexity index is 407. The van der Waals surface area contributed by atoms with Gasteiger partial charge in [0.15, 0.2) is 0 Å². The molecule has 0 amide bonds. The van der Waals surface area contributed by atoms with Gasteiger partial charge in [0.25, 0.3) is 0 Å². The minimum Gasteiger partial charge on any atom is -0.466 e. The highest BCUT2D eigenvalue weighted by molar-refractivity contribution is 6.30. The van der Waals surface area contributed by atoms with Crippen LogP contribution in [0.25, 0.3) is 6.08 Å². The van der Waals surface area contributed by atoms with Crippen LogP contribution in [0.5, 0.6) is 0 Å². The van der Waals surface area contributed by atoms with Crippen molar-refractivity contribution in [2.45, 2.75) is 20.8 Å². The molecule has 0 bridgehead atoms. The number of benzene rings is 1. The number of halogens is 1. The summed E-state index contributed by atoms with van der Waals surface area (Å²) in [5.74, 6) is -0.161. The molecule has 0 saturated carbocycles. The summed E-state index contributed by atoms with van der Waals surface area (Å²) in [4.78, 5) is 11.8. The molecule has 0 spiro atoms. The molecule has 0 aliphatic carbocycles. The minimum atomic E-state index is -0.208. The Kier molecular flexibility index (Phi) is 5.93. The van der Waals surface area contributed by atoms with Gasteiger partial charge in [-0.15, -0.1) is 0 Å². The average molecular weight is 267 g/mol. The second-order valence-corrected chi connectivity index (χ2v) is 4.87. The molecule has 18 heavy (non-hydrogen) atoms. The molecule has 0 aromatic heterocycles. The van der Waals surface area contributed by atoms with E-state index in [1.54, 1.807) is 0 Å². The Morgan fingerprint density at radius 3 is 2.44 bits per heavy atom. The van der Waals surface area contributed by atoms with Crippen molar-refractivity contribution in [2.24, 2.45) is 11.8 Å². The summed E-state index contributed by atoms with van der Waals surface area (Å²) < 4.78 is 5.06. The molecule has 2 nitrogen and oxygen atoms in total. The van der Waals surface area contributed by atoms with Gasteiger partial charge in [-0.25, -0.2) is 0 Å². The maximum absolute atomic E-state index is 11.8. The number of ether oxygens (including phenoxy) is 1. The maximum Gasteiger partial charge on any atom is 0.313 e. The quantitative estimate of drug-likeness (QED) is 0.747. The molecule has 1 rings (SSSR count). The second-order valence-electron chi connectivity index (χ2n) is 4.43. The normalized spacial score (nSPS) is 12.9. The van der Waals surface area contributed by atoms with Gasteiger partial charge in [0.05, 0.1) is 12.5 Å². The van der Waals surface area contributed by atoms with Gasteiger partial charge in [-0.2, -0.15) is 0 Å². The van der Waals surface area contributed by atoms with Crippen LogP contribution in [0.2, 0.25) is 5.02 Å². The zero-order valence-electron chi connectivity index (χ0n) is 11.0. The standard InChI is InChI=1S/C15H19ClO2/c1-4-18-15(17)14(11(2)3)10-7-12-5-8-13(16)9-6-12/h5-11,14H,4H2,1-3H3. The Hall–Kier alpha value is -1.28. The summed E-state index contributed by atoms with van der Waals surface area (Å²) >= 11 is 5.82. The van der Waals surface area contributed by atoms with Gasteiger partial charge in [0.2, 0.25) is 0 Å². The van der Waals surface area contributed by atoms with Crippen molar-refractivity contribution < 1.29 is 9.53 Å². The Morgan fingerprint density at radius 2 is 1.94 bits per heavy atom. The van der Waals surface area contributed by atoms with E-state index < -0.39 is 0 Å². The van der Waals surface area contributed by atoms with E-state index in [2.05, 4.69) is 0 Å². The first-order chi connectivity index (χ1) is 8.54. The van der Waals surface area contributed by atoms with E-state index >= 15 is 0 Å². The van der Waals surface area contributed by atoms with E-state index in [0.717, 1.165) is 5.56 Å². The largest absolute Gasteiger partial charge is 0.466 e. The molecule has 3 heteroatoms. The third-order valence-electron chi connectivity index (χ3n) is 2.64. The van der Waals surface area contributed by atoms with E-state index in [4.69, 9.17) is 16.3 Å². The number of carbonyl (C=O) groups excluding carboxylic acids is 1. The van der Waals surface area contributed by atoms with Crippen molar-refractivity contribution in [1.82, 2.24) is 0 Å². The number of rotatable bonds is 5. The highest BCUT2D eigenvalue weighted by atomic mass is 35.5. The van der Waals surface area contributed by atoms with Gasteiger partial charge in [-0.3, -0.25) is 4.79 Å². The SMILES string of the molecule is CCOC(=O)C(C=Cc1ccc(Cl)cc1)C(C)C. The number of esters is 1. The molecule has 0 N–H and O–H groups in total. The first-order valence-electron chi connectivity index (χ1n) is 6.15. The summed E-state index contributed by atoms with van der Waals surface area (Å²) in [5, 5.41) is 0.706. The lowest BCUT2D eigenvalue weighted by molar-refractivity contribution is -0.147. The number of carbonyl (C=O) groups is 1. The summed E-state index contributed by atoms with van der Waals surface area (Å²) in [6.45, 7) is 6.25. The Morgan fingerprint density at radius 1 is 1.33 bits per heavy atom. The summed E-state index contributed by atoms with van der Waals surface area (Å²) in [7, 11) is 0. The monoisotopic (exact) mass is 266 g/mol. The molecule has 0 fully saturated rings. The fourth-order valence-electron chi connectivity index (χ4n) is 1.60. The van der Waals surface area contributed by atoms with Crippen molar-refractivity contribution in [2.75, 3.05) is 6.61 Å². The summed E-state index contributed by atoms with van der Waals surface area (Å²) in [5.41, 5.74) is 1.02. The van der Waals surface area contributed by atoms with Gasteiger partial charge in [-0.05, 0) is 30.5 Å². The van der Waals surface area contributed by atoms with Crippen LogP contribution in [0.3, 0.4) is 0 Å². The molecule has 1 aromatic carbocycles. The maximum atomic E-state index is 11.8. The van der Waals surface area contributed by atoms with Crippen molar-refractivity contribution in [3.63, 3.8) is 0 Å². The molecule has 0 aliphatic rings. The topological polar surface area (TPSA) is 26.3 Å². The molecule has 0 saturated heterocycles. The lowest BCUT2D eigenvalue weighted by Gasteiger charge is -2.15. The van der Waals surface area contributed by atoms with E-state index in [-0.39, 0.29) is 17.8 Å². The van der Waals surface area contributed by atoms with Gasteiger partial charge >= 0.3 is 5.97 Å². The first kappa shape index (κ1) is 14.8. The number of hydrogen-bond donors (Lipinski definition) is 0. The zero-order chi connectivity index (χ0) is 13.5. The van der Waals surface area contributed by atoms with Crippen LogP contribution in [0.1, 0.15) is 26.3 Å². The van der Waals surface area contributed by atoms with Crippen molar-refractivity contribution in [3.8, 4) is 0 Å². The predicted octanol–water partition coefficient (Wildman–Crippen LogP) is 4.19. The summed E-state index contributed by atoms with van der Waals surface area (Å²) in [6.07, 6.45) is 3.82. The minimum absolute atomic E-state index is 0.169. The van der Waals surface area contributed by atoms with Crippen LogP contribution in [-0.2, 0) is 9.53 Å². The molecule has 1 atom stereocenters. The van der Waals surface area contributed by atoms with Crippen molar-refractivity contribution >= 4 is 23.6 Å². The molecule has 1 aromatic rings. The average Bonchev–Trinajstić information content (AvgIpc) is 2.31. The molecule has 0 aliphatic heterocycles. The van der Waals surface area contributed by atoms with Crippen LogP contribution >= 0.6 is 11.6 Å². The van der Waals surface area contributed by atoms with Gasteiger partial charge in [0.1, 0.15) is 0 Å². The van der Waals surface area contributed by atoms with Crippen LogP contribution in [0.15, 0.2) is 30.3 Å². The Labute approximate surface area is 114 Å². The molecular weight excluding hydrogens is 248 g/mol. The second kappa shape index (κ2) is 7.22. The smallest absolute Gasteiger partial charge is 0.313 e. The van der Waals surface area contributed by atoms with Crippen LogP contribution in [-0.4, -0.2) is 12.6 Å². The fourth-order valence-corrected chi connectivity index (χ4v) is 1.73. The van der Waals surface area contributed by atoms with Crippen LogP contribution in [0, 0.1) is 11.8 Å². The van der Waals surface area contributed by atoms with E-state index in [1.165, 1.54) is 0 Å².